The van der Waals surface area contributed by atoms with Crippen molar-refractivity contribution in [1.82, 2.24) is 5.32 Å². The monoisotopic (exact) mass is 312 g/mol. The van der Waals surface area contributed by atoms with Crippen LogP contribution in [0.5, 0.6) is 0 Å². The Morgan fingerprint density at radius 1 is 1.22 bits per heavy atom. The molecule has 3 heteroatoms. The molecule has 0 atom stereocenters. The van der Waals surface area contributed by atoms with Crippen molar-refractivity contribution in [1.29, 1.82) is 0 Å². The largest absolute Gasteiger partial charge is 0.369 e. The van der Waals surface area contributed by atoms with Gasteiger partial charge in [-0.1, -0.05) is 29.8 Å². The van der Waals surface area contributed by atoms with E-state index < -0.39 is 0 Å². The molecule has 0 unspecified atom stereocenters. The Labute approximate surface area is 120 Å². The molecule has 0 heterocycles. The van der Waals surface area contributed by atoms with E-state index in [2.05, 4.69) is 72.0 Å². The first kappa shape index (κ1) is 15.5. The maximum Gasteiger partial charge on any atom is 0.0415 e. The van der Waals surface area contributed by atoms with Gasteiger partial charge in [0, 0.05) is 29.3 Å². The molecule has 0 aliphatic heterocycles. The van der Waals surface area contributed by atoms with Crippen molar-refractivity contribution in [2.75, 3.05) is 18.5 Å². The highest BCUT2D eigenvalue weighted by Gasteiger charge is 2.15. The molecule has 0 radical (unpaired) electrons. The molecule has 0 amide bonds. The summed E-state index contributed by atoms with van der Waals surface area (Å²) in [6, 6.07) is 7.08. The lowest BCUT2D eigenvalue weighted by atomic mass is 10.1. The van der Waals surface area contributed by atoms with Gasteiger partial charge in [0.1, 0.15) is 0 Å². The van der Waals surface area contributed by atoms with Crippen LogP contribution >= 0.6 is 15.9 Å². The van der Waals surface area contributed by atoms with Crippen molar-refractivity contribution < 1.29 is 0 Å². The Hall–Kier alpha value is -0.540. The summed E-state index contributed by atoms with van der Waals surface area (Å²) in [6.45, 7) is 11.0. The van der Waals surface area contributed by atoms with E-state index >= 15 is 0 Å². The fourth-order valence-corrected chi connectivity index (χ4v) is 2.56. The number of nitrogens with one attached hydrogen (secondary N) is 1. The van der Waals surface area contributed by atoms with Gasteiger partial charge in [-0.2, -0.15) is 0 Å². The molecule has 0 spiro atoms. The van der Waals surface area contributed by atoms with Gasteiger partial charge >= 0.3 is 0 Å². The molecule has 0 aliphatic rings. The van der Waals surface area contributed by atoms with E-state index in [0.717, 1.165) is 17.6 Å². The third-order valence-electron chi connectivity index (χ3n) is 2.90. The molecule has 0 saturated carbocycles. The number of nitrogens with zero attached hydrogens (tertiary/aromatic N) is 1. The van der Waals surface area contributed by atoms with Gasteiger partial charge in [-0.25, -0.2) is 0 Å². The van der Waals surface area contributed by atoms with Crippen molar-refractivity contribution in [2.45, 2.75) is 40.3 Å². The van der Waals surface area contributed by atoms with E-state index in [1.165, 1.54) is 11.3 Å². The van der Waals surface area contributed by atoms with Crippen LogP contribution in [0.2, 0.25) is 0 Å². The Morgan fingerprint density at radius 3 is 2.39 bits per heavy atom. The first-order valence-electron chi connectivity index (χ1n) is 6.65. The smallest absolute Gasteiger partial charge is 0.0415 e. The molecule has 1 aromatic rings. The first-order chi connectivity index (χ1) is 8.45. The quantitative estimate of drug-likeness (QED) is 0.853. The minimum atomic E-state index is 0.518. The van der Waals surface area contributed by atoms with Crippen molar-refractivity contribution in [3.05, 3.63) is 28.2 Å². The highest BCUT2D eigenvalue weighted by atomic mass is 79.9. The van der Waals surface area contributed by atoms with Gasteiger partial charge in [0.15, 0.2) is 0 Å². The van der Waals surface area contributed by atoms with Crippen molar-refractivity contribution in [3.63, 3.8) is 0 Å². The SMILES string of the molecule is CNCc1cc(Br)ccc1N(CC(C)C)C(C)C. The second-order valence-corrected chi connectivity index (χ2v) is 6.36. The van der Waals surface area contributed by atoms with Gasteiger partial charge in [0.25, 0.3) is 0 Å². The fraction of sp³-hybridized carbons (Fsp3) is 0.600. The van der Waals surface area contributed by atoms with Crippen molar-refractivity contribution in [3.8, 4) is 0 Å². The first-order valence-corrected chi connectivity index (χ1v) is 7.44. The van der Waals surface area contributed by atoms with Crippen molar-refractivity contribution >= 4 is 21.6 Å². The summed E-state index contributed by atoms with van der Waals surface area (Å²) >= 11 is 3.56. The average Bonchev–Trinajstić information content (AvgIpc) is 2.26. The third kappa shape index (κ3) is 4.29. The summed E-state index contributed by atoms with van der Waals surface area (Å²) in [4.78, 5) is 2.49. The zero-order chi connectivity index (χ0) is 13.7. The van der Waals surface area contributed by atoms with Crippen molar-refractivity contribution in [2.24, 2.45) is 5.92 Å². The topological polar surface area (TPSA) is 15.3 Å². The number of halogens is 1. The molecule has 2 nitrogen and oxygen atoms in total. The maximum atomic E-state index is 3.56. The van der Waals surface area contributed by atoms with E-state index in [4.69, 9.17) is 0 Å². The van der Waals surface area contributed by atoms with Gasteiger partial charge in [-0.3, -0.25) is 0 Å². The van der Waals surface area contributed by atoms with Gasteiger partial charge in [0.2, 0.25) is 0 Å². The van der Waals surface area contributed by atoms with Gasteiger partial charge < -0.3 is 10.2 Å². The van der Waals surface area contributed by atoms with E-state index in [1.54, 1.807) is 0 Å². The average molecular weight is 313 g/mol. The Morgan fingerprint density at radius 2 is 1.89 bits per heavy atom. The minimum absolute atomic E-state index is 0.518. The molecule has 1 rings (SSSR count). The maximum absolute atomic E-state index is 3.56. The molecule has 0 saturated heterocycles. The summed E-state index contributed by atoms with van der Waals surface area (Å²) in [7, 11) is 1.99. The Bertz CT molecular complexity index is 375. The minimum Gasteiger partial charge on any atom is -0.369 e. The van der Waals surface area contributed by atoms with Crippen LogP contribution in [0.3, 0.4) is 0 Å². The zero-order valence-corrected chi connectivity index (χ0v) is 13.7. The van der Waals surface area contributed by atoms with Gasteiger partial charge in [0.05, 0.1) is 0 Å². The normalized spacial score (nSPS) is 11.3. The highest BCUT2D eigenvalue weighted by molar-refractivity contribution is 9.10. The highest BCUT2D eigenvalue weighted by Crippen LogP contribution is 2.27. The second-order valence-electron chi connectivity index (χ2n) is 5.44. The zero-order valence-electron chi connectivity index (χ0n) is 12.1. The molecule has 0 fully saturated rings. The summed E-state index contributed by atoms with van der Waals surface area (Å²) < 4.78 is 1.14. The molecule has 0 aromatic heterocycles. The summed E-state index contributed by atoms with van der Waals surface area (Å²) in [6.07, 6.45) is 0. The Balaban J connectivity index is 3.09. The number of anilines is 1. The third-order valence-corrected chi connectivity index (χ3v) is 3.40. The predicted molar refractivity (Wildman–Crippen MR) is 84.2 cm³/mol. The summed E-state index contributed by atoms with van der Waals surface area (Å²) in [5.41, 5.74) is 2.69. The van der Waals surface area contributed by atoms with Crippen LogP contribution < -0.4 is 10.2 Å². The van der Waals surface area contributed by atoms with Crippen LogP contribution in [0.25, 0.3) is 0 Å². The standard InChI is InChI=1S/C15H25BrN2/c1-11(2)10-18(12(3)4)15-7-6-14(16)8-13(15)9-17-5/h6-8,11-12,17H,9-10H2,1-5H3. The molecule has 0 bridgehead atoms. The van der Waals surface area contributed by atoms with E-state index in [1.807, 2.05) is 7.05 Å². The molecule has 1 N–H and O–H groups in total. The number of benzene rings is 1. The lowest BCUT2D eigenvalue weighted by Crippen LogP contribution is -2.35. The van der Waals surface area contributed by atoms with Crippen LogP contribution in [0.4, 0.5) is 5.69 Å². The molecule has 1 aromatic carbocycles. The molecule has 18 heavy (non-hydrogen) atoms. The number of hydrogen-bond acceptors (Lipinski definition) is 2. The lowest BCUT2D eigenvalue weighted by Gasteiger charge is -2.32. The van der Waals surface area contributed by atoms with Crippen LogP contribution in [0.1, 0.15) is 33.3 Å². The summed E-state index contributed by atoms with van der Waals surface area (Å²) in [5, 5.41) is 3.25. The molecule has 102 valence electrons. The Kier molecular flexibility index (Phi) is 6.16. The molecular weight excluding hydrogens is 288 g/mol. The van der Waals surface area contributed by atoms with Gasteiger partial charge in [-0.15, -0.1) is 0 Å². The van der Waals surface area contributed by atoms with Crippen LogP contribution in [-0.4, -0.2) is 19.6 Å². The van der Waals surface area contributed by atoms with Gasteiger partial charge in [-0.05, 0) is 50.6 Å². The number of hydrogen-bond donors (Lipinski definition) is 1. The molecule has 0 aliphatic carbocycles. The van der Waals surface area contributed by atoms with Crippen LogP contribution in [-0.2, 0) is 6.54 Å². The summed E-state index contributed by atoms with van der Waals surface area (Å²) in [5.74, 6) is 0.665. The second kappa shape index (κ2) is 7.15. The van der Waals surface area contributed by atoms with E-state index in [9.17, 15) is 0 Å². The van der Waals surface area contributed by atoms with E-state index in [0.29, 0.717) is 12.0 Å². The van der Waals surface area contributed by atoms with Crippen LogP contribution in [0.15, 0.2) is 22.7 Å². The fourth-order valence-electron chi connectivity index (χ4n) is 2.15. The molecular formula is C15H25BrN2. The number of rotatable bonds is 6. The predicted octanol–water partition coefficient (Wildman–Crippen LogP) is 4.04. The van der Waals surface area contributed by atoms with E-state index in [-0.39, 0.29) is 0 Å². The van der Waals surface area contributed by atoms with Crippen LogP contribution in [0, 0.1) is 5.92 Å². The lowest BCUT2D eigenvalue weighted by molar-refractivity contribution is 0.568.